The fraction of sp³-hybridized carbons (Fsp3) is 0.160. The van der Waals surface area contributed by atoms with Gasteiger partial charge in [0.1, 0.15) is 0 Å². The van der Waals surface area contributed by atoms with Crippen molar-refractivity contribution < 1.29 is 0 Å². The van der Waals surface area contributed by atoms with Crippen LogP contribution in [0.15, 0.2) is 284 Å². The van der Waals surface area contributed by atoms with E-state index in [4.69, 9.17) is 0 Å². The molecule has 0 radical (unpaired) electrons. The summed E-state index contributed by atoms with van der Waals surface area (Å²) in [7, 11) is 0. The van der Waals surface area contributed by atoms with Crippen molar-refractivity contribution in [2.75, 3.05) is 10.2 Å². The summed E-state index contributed by atoms with van der Waals surface area (Å²) < 4.78 is 1.15. The van der Waals surface area contributed by atoms with Gasteiger partial charge in [-0.2, -0.15) is 0 Å². The normalized spacial score (nSPS) is 14.6. The van der Waals surface area contributed by atoms with Crippen LogP contribution in [0.3, 0.4) is 0 Å². The van der Waals surface area contributed by atoms with Gasteiger partial charge in [0.05, 0.1) is 0 Å². The van der Waals surface area contributed by atoms with Gasteiger partial charge in [-0.25, -0.2) is 0 Å². The predicted octanol–water partition coefficient (Wildman–Crippen LogP) is 28.4. The van der Waals surface area contributed by atoms with Crippen LogP contribution in [0.2, 0.25) is 0 Å². The molecule has 500 valence electrons. The van der Waals surface area contributed by atoms with E-state index in [0.717, 1.165) is 15.8 Å². The molecule has 0 aliphatic heterocycles. The summed E-state index contributed by atoms with van der Waals surface area (Å²) in [6.45, 7) is 27.8. The van der Waals surface area contributed by atoms with Crippen molar-refractivity contribution in [3.8, 4) is 44.5 Å². The summed E-state index contributed by atoms with van der Waals surface area (Å²) in [5.74, 6) is 0. The van der Waals surface area contributed by atoms with Crippen molar-refractivity contribution in [1.82, 2.24) is 0 Å². The van der Waals surface area contributed by atoms with Gasteiger partial charge in [0.15, 0.2) is 0 Å². The van der Waals surface area contributed by atoms with Crippen molar-refractivity contribution in [3.63, 3.8) is 0 Å². The molecule has 4 aliphatic rings. The molecule has 0 unspecified atom stereocenters. The minimum absolute atomic E-state index is 0.0316. The molecule has 3 heteroatoms. The van der Waals surface area contributed by atoms with E-state index in [9.17, 15) is 0 Å². The number of anilines is 5. The molecule has 4 aliphatic carbocycles. The highest BCUT2D eigenvalue weighted by atomic mass is 79.9. The van der Waals surface area contributed by atoms with Gasteiger partial charge >= 0.3 is 0 Å². The zero-order chi connectivity index (χ0) is 70.8. The monoisotopic (exact) mass is 1390 g/mol. The average Bonchev–Trinajstić information content (AvgIpc) is 1.55. The van der Waals surface area contributed by atoms with Crippen LogP contribution in [-0.4, -0.2) is 0 Å². The maximum Gasteiger partial charge on any atom is 0.0465 e. The number of nitrogens with zero attached hydrogens (tertiary/aromatic N) is 1. The Hall–Kier alpha value is -10.8. The lowest BCUT2D eigenvalue weighted by atomic mass is 9.79. The number of hydrogen-bond acceptors (Lipinski definition) is 2. The third kappa shape index (κ3) is 10.2. The second kappa shape index (κ2) is 23.6. The molecule has 103 heavy (non-hydrogen) atoms. The van der Waals surface area contributed by atoms with E-state index in [1.54, 1.807) is 0 Å². The summed E-state index contributed by atoms with van der Waals surface area (Å²) in [5, 5.41) is 19.4. The Morgan fingerprint density at radius 2 is 0.495 bits per heavy atom. The molecule has 0 atom stereocenters. The molecule has 16 aromatic carbocycles. The third-order valence-corrected chi connectivity index (χ3v) is 24.2. The largest absolute Gasteiger partial charge is 0.356 e. The van der Waals surface area contributed by atoms with Gasteiger partial charge < -0.3 is 10.2 Å². The minimum atomic E-state index is -0.159. The van der Waals surface area contributed by atoms with Gasteiger partial charge in [-0.15, -0.1) is 0 Å². The fourth-order valence-corrected chi connectivity index (χ4v) is 18.8. The van der Waals surface area contributed by atoms with E-state index < -0.39 is 0 Å². The summed E-state index contributed by atoms with van der Waals surface area (Å²) in [4.78, 5) is 2.41. The molecule has 0 saturated heterocycles. The van der Waals surface area contributed by atoms with Crippen molar-refractivity contribution in [2.45, 2.75) is 105 Å². The number of fused-ring (bicyclic) bond motifs is 24. The van der Waals surface area contributed by atoms with Gasteiger partial charge in [-0.05, 0) is 325 Å². The topological polar surface area (TPSA) is 15.3 Å². The second-order valence-corrected chi connectivity index (χ2v) is 32.7. The van der Waals surface area contributed by atoms with Crippen LogP contribution in [0.5, 0.6) is 0 Å². The number of hydrogen-bond donors (Lipinski definition) is 1. The minimum Gasteiger partial charge on any atom is -0.356 e. The summed E-state index contributed by atoms with van der Waals surface area (Å²) >= 11 is 3.71. The third-order valence-electron chi connectivity index (χ3n) is 23.7. The molecule has 0 spiro atoms. The molecule has 0 fully saturated rings. The number of halogens is 1. The summed E-state index contributed by atoms with van der Waals surface area (Å²) in [6.07, 6.45) is 0. The Kier molecular flexibility index (Phi) is 14.7. The first-order chi connectivity index (χ1) is 49.6. The van der Waals surface area contributed by atoms with E-state index in [-0.39, 0.29) is 21.7 Å². The van der Waals surface area contributed by atoms with Crippen LogP contribution >= 0.6 is 15.9 Å². The van der Waals surface area contributed by atoms with Crippen molar-refractivity contribution in [1.29, 1.82) is 0 Å². The first-order valence-corrected chi connectivity index (χ1v) is 37.3. The van der Waals surface area contributed by atoms with Gasteiger partial charge in [0, 0.05) is 54.6 Å². The molecular weight excluding hydrogens is 1310 g/mol. The Morgan fingerprint density at radius 3 is 0.854 bits per heavy atom. The summed E-state index contributed by atoms with van der Waals surface area (Å²) in [5.41, 5.74) is 32.9. The molecular formula is C100H83BrN2. The maximum absolute atomic E-state index is 3.71. The first-order valence-electron chi connectivity index (χ1n) is 36.5. The van der Waals surface area contributed by atoms with Crippen molar-refractivity contribution in [3.05, 3.63) is 350 Å². The predicted molar refractivity (Wildman–Crippen MR) is 446 cm³/mol. The molecule has 20 rings (SSSR count). The molecule has 0 amide bonds. The zero-order valence-corrected chi connectivity index (χ0v) is 62.5. The standard InChI is InChI=1S/C50H41N.C36H27Br.C14H15N/c1-30-13-11-15-32(23-30)51(33-16-12-14-31(2)24-33)34-21-22-39-43-28-48-44(29-47(43)49(3,4)45(39)25-34)42-26-40-37-19-9-7-17-35(37)36-18-8-10-20-38(36)41(40)27-46(42)50(48,5)6;1-35(2)31-15-20(37)13-14-25(31)29-18-34-30(19-33(29)35)28-16-26-23-11-7-5-9-21(23)22-10-6-8-12-24(22)27(26)17-32(28)36(34,3)4;1-11-5-3-7-13(9-11)15-14-8-4-6-12(2)10-14/h7-29H,1-6H3;5-19H,1-4H3;3-10,15H,1-2H3. The number of benzene rings is 16. The Morgan fingerprint density at radius 1 is 0.223 bits per heavy atom. The fourth-order valence-electron chi connectivity index (χ4n) is 18.4. The highest BCUT2D eigenvalue weighted by Crippen LogP contribution is 2.60. The number of nitrogens with one attached hydrogen (secondary N) is 1. The van der Waals surface area contributed by atoms with Gasteiger partial charge in [0.2, 0.25) is 0 Å². The van der Waals surface area contributed by atoms with Crippen molar-refractivity contribution >= 4 is 109 Å². The lowest BCUT2D eigenvalue weighted by Gasteiger charge is -2.28. The lowest BCUT2D eigenvalue weighted by Crippen LogP contribution is -2.17. The molecule has 2 nitrogen and oxygen atoms in total. The quantitative estimate of drug-likeness (QED) is 0.173. The summed E-state index contributed by atoms with van der Waals surface area (Å²) in [6, 6.07) is 104. The molecule has 1 N–H and O–H groups in total. The van der Waals surface area contributed by atoms with Crippen LogP contribution in [0.4, 0.5) is 28.4 Å². The molecule has 0 heterocycles. The van der Waals surface area contributed by atoms with E-state index in [1.807, 2.05) is 0 Å². The Labute approximate surface area is 614 Å². The molecule has 0 saturated carbocycles. The number of rotatable bonds is 5. The van der Waals surface area contributed by atoms with Crippen molar-refractivity contribution in [2.24, 2.45) is 0 Å². The maximum atomic E-state index is 3.71. The lowest BCUT2D eigenvalue weighted by molar-refractivity contribution is 0.652. The Balaban J connectivity index is 0.000000126. The van der Waals surface area contributed by atoms with Crippen LogP contribution in [0.1, 0.15) is 122 Å². The average molecular weight is 1390 g/mol. The van der Waals surface area contributed by atoms with Crippen LogP contribution in [0.25, 0.3) is 109 Å². The van der Waals surface area contributed by atoms with E-state index in [0.29, 0.717) is 0 Å². The molecule has 0 aromatic heterocycles. The first kappa shape index (κ1) is 64.3. The van der Waals surface area contributed by atoms with Crippen LogP contribution in [-0.2, 0) is 21.7 Å². The zero-order valence-electron chi connectivity index (χ0n) is 60.9. The van der Waals surface area contributed by atoms with Gasteiger partial charge in [-0.3, -0.25) is 0 Å². The van der Waals surface area contributed by atoms with E-state index in [1.165, 1.54) is 193 Å². The van der Waals surface area contributed by atoms with Crippen LogP contribution in [0, 0.1) is 27.7 Å². The SMILES string of the molecule is CC1(C)c2cc(Br)ccc2-c2cc3c(cc21)-c1cc2c4ccccc4c4ccccc4c2cc1C3(C)C.Cc1cccc(N(c2cccc(C)c2)c2ccc3c(c2)C(C)(C)c2cc4c(cc2-3)C(C)(C)c2cc3c5ccccc5c5ccccc5c3cc2-4)c1.Cc1cccc(Nc2cccc(C)c2)c1. The van der Waals surface area contributed by atoms with E-state index >= 15 is 0 Å². The smallest absolute Gasteiger partial charge is 0.0465 e. The Bertz CT molecular complexity index is 6200. The second-order valence-electron chi connectivity index (χ2n) is 31.8. The molecule has 0 bridgehead atoms. The highest BCUT2D eigenvalue weighted by Gasteiger charge is 2.44. The highest BCUT2D eigenvalue weighted by molar-refractivity contribution is 9.10. The van der Waals surface area contributed by atoms with Gasteiger partial charge in [0.25, 0.3) is 0 Å². The van der Waals surface area contributed by atoms with Crippen LogP contribution < -0.4 is 10.2 Å². The van der Waals surface area contributed by atoms with E-state index in [2.05, 4.69) is 388 Å². The van der Waals surface area contributed by atoms with Gasteiger partial charge in [-0.1, -0.05) is 229 Å². The number of aryl methyl sites for hydroxylation is 4. The molecule has 16 aromatic rings.